The van der Waals surface area contributed by atoms with Crippen LogP contribution in [0.15, 0.2) is 0 Å². The van der Waals surface area contributed by atoms with Gasteiger partial charge in [-0.15, -0.1) is 0 Å². The van der Waals surface area contributed by atoms with Crippen molar-refractivity contribution in [2.24, 2.45) is 0 Å². The number of nitrogens with one attached hydrogen (secondary N) is 2. The van der Waals surface area contributed by atoms with E-state index in [-0.39, 0.29) is 31.0 Å². The van der Waals surface area contributed by atoms with E-state index in [1.54, 1.807) is 0 Å². The van der Waals surface area contributed by atoms with E-state index in [9.17, 15) is 21.6 Å². The number of sulfonamides is 1. The Hall–Kier alpha value is -0.670. The summed E-state index contributed by atoms with van der Waals surface area (Å²) in [4.78, 5) is 9.90. The average molecular weight is 270 g/mol. The van der Waals surface area contributed by atoms with E-state index >= 15 is 0 Å². The summed E-state index contributed by atoms with van der Waals surface area (Å²) in [6.07, 6.45) is 0.604. The first-order valence-corrected chi connectivity index (χ1v) is 8.10. The summed E-state index contributed by atoms with van der Waals surface area (Å²) in [6, 6.07) is 0. The fourth-order valence-corrected chi connectivity index (χ4v) is 5.53. The molecule has 7 nitrogen and oxygen atoms in total. The van der Waals surface area contributed by atoms with Crippen LogP contribution in [0.1, 0.15) is 6.42 Å². The summed E-state index contributed by atoms with van der Waals surface area (Å²) in [5.41, 5.74) is 0. The molecule has 1 aliphatic rings. The third-order valence-electron chi connectivity index (χ3n) is 2.29. The molecule has 0 unspecified atom stereocenters. The molecule has 94 valence electrons. The fraction of sp³-hybridized carbons (Fsp3) is 0.857. The molecule has 1 atom stereocenters. The second kappa shape index (κ2) is 5.11. The molecule has 1 saturated heterocycles. The topological polar surface area (TPSA) is 109 Å². The lowest BCUT2D eigenvalue weighted by Crippen LogP contribution is -2.38. The molecular weight excluding hydrogens is 256 g/mol. The Morgan fingerprint density at radius 2 is 2.00 bits per heavy atom. The molecule has 0 saturated carbocycles. The van der Waals surface area contributed by atoms with Crippen molar-refractivity contribution < 1.29 is 21.6 Å². The predicted molar refractivity (Wildman–Crippen MR) is 58.0 cm³/mol. The van der Waals surface area contributed by atoms with Crippen molar-refractivity contribution in [3.05, 3.63) is 0 Å². The summed E-state index contributed by atoms with van der Waals surface area (Å²) < 4.78 is 47.7. The Morgan fingerprint density at radius 1 is 1.31 bits per heavy atom. The highest BCUT2D eigenvalue weighted by Crippen LogP contribution is 2.17. The maximum atomic E-state index is 11.6. The van der Waals surface area contributed by atoms with Gasteiger partial charge in [-0.05, 0) is 6.42 Å². The van der Waals surface area contributed by atoms with Crippen LogP contribution in [-0.4, -0.2) is 53.1 Å². The zero-order valence-electron chi connectivity index (χ0n) is 8.55. The molecule has 9 heteroatoms. The highest BCUT2D eigenvalue weighted by Gasteiger charge is 2.36. The number of sulfone groups is 1. The maximum absolute atomic E-state index is 11.6. The molecule has 0 aromatic carbocycles. The molecule has 0 aromatic rings. The molecule has 1 fully saturated rings. The van der Waals surface area contributed by atoms with E-state index in [0.29, 0.717) is 6.41 Å². The standard InChI is InChI=1S/C7H14N2O5S2/c10-6-8-2-3-9-16(13,14)7-1-4-15(11,12)5-7/h6-7,9H,1-5H2,(H,8,10)/t7-/m1/s1. The Kier molecular flexibility index (Phi) is 4.28. The summed E-state index contributed by atoms with van der Waals surface area (Å²) in [5, 5.41) is 1.44. The highest BCUT2D eigenvalue weighted by molar-refractivity contribution is 7.95. The van der Waals surface area contributed by atoms with Crippen molar-refractivity contribution in [2.45, 2.75) is 11.7 Å². The van der Waals surface area contributed by atoms with Crippen LogP contribution < -0.4 is 10.0 Å². The third kappa shape index (κ3) is 3.72. The normalized spacial score (nSPS) is 24.1. The van der Waals surface area contributed by atoms with Gasteiger partial charge in [0.1, 0.15) is 0 Å². The average Bonchev–Trinajstić information content (AvgIpc) is 2.54. The van der Waals surface area contributed by atoms with Crippen molar-refractivity contribution in [1.29, 1.82) is 0 Å². The summed E-state index contributed by atoms with van der Waals surface area (Å²) in [5.74, 6) is -0.394. The highest BCUT2D eigenvalue weighted by atomic mass is 32.2. The Bertz CT molecular complexity index is 441. The van der Waals surface area contributed by atoms with Gasteiger partial charge < -0.3 is 5.32 Å². The molecule has 16 heavy (non-hydrogen) atoms. The van der Waals surface area contributed by atoms with Crippen molar-refractivity contribution >= 4 is 26.3 Å². The number of hydrogen-bond donors (Lipinski definition) is 2. The van der Waals surface area contributed by atoms with Gasteiger partial charge in [0, 0.05) is 13.1 Å². The van der Waals surface area contributed by atoms with Crippen LogP contribution in [0.25, 0.3) is 0 Å². The Labute approximate surface area is 94.6 Å². The smallest absolute Gasteiger partial charge is 0.215 e. The molecule has 1 heterocycles. The van der Waals surface area contributed by atoms with E-state index in [0.717, 1.165) is 0 Å². The quantitative estimate of drug-likeness (QED) is 0.422. The van der Waals surface area contributed by atoms with Gasteiger partial charge in [0.15, 0.2) is 9.84 Å². The van der Waals surface area contributed by atoms with E-state index in [1.165, 1.54) is 0 Å². The first-order valence-electron chi connectivity index (χ1n) is 4.73. The lowest BCUT2D eigenvalue weighted by molar-refractivity contribution is -0.109. The van der Waals surface area contributed by atoms with E-state index in [4.69, 9.17) is 0 Å². The van der Waals surface area contributed by atoms with Crippen molar-refractivity contribution in [1.82, 2.24) is 10.0 Å². The second-order valence-electron chi connectivity index (χ2n) is 3.54. The van der Waals surface area contributed by atoms with E-state index in [2.05, 4.69) is 10.0 Å². The van der Waals surface area contributed by atoms with Gasteiger partial charge in [0.2, 0.25) is 16.4 Å². The largest absolute Gasteiger partial charge is 0.357 e. The molecule has 0 aliphatic carbocycles. The van der Waals surface area contributed by atoms with Gasteiger partial charge >= 0.3 is 0 Å². The van der Waals surface area contributed by atoms with Gasteiger partial charge in [-0.1, -0.05) is 0 Å². The number of rotatable bonds is 6. The van der Waals surface area contributed by atoms with Crippen molar-refractivity contribution in [2.75, 3.05) is 24.6 Å². The van der Waals surface area contributed by atoms with E-state index < -0.39 is 25.1 Å². The molecule has 0 bridgehead atoms. The first-order chi connectivity index (χ1) is 7.37. The van der Waals surface area contributed by atoms with E-state index in [1.807, 2.05) is 0 Å². The molecule has 1 rings (SSSR count). The fourth-order valence-electron chi connectivity index (χ4n) is 1.45. The second-order valence-corrected chi connectivity index (χ2v) is 7.81. The first kappa shape index (κ1) is 13.4. The minimum absolute atomic E-state index is 0.0671. The zero-order valence-corrected chi connectivity index (χ0v) is 10.2. The predicted octanol–water partition coefficient (Wildman–Crippen LogP) is -2.16. The number of amides is 1. The molecule has 0 aromatic heterocycles. The van der Waals surface area contributed by atoms with Crippen LogP contribution in [0.5, 0.6) is 0 Å². The van der Waals surface area contributed by atoms with Crippen LogP contribution in [-0.2, 0) is 24.7 Å². The number of carbonyl (C=O) groups is 1. The van der Waals surface area contributed by atoms with Gasteiger partial charge in [0.05, 0.1) is 16.8 Å². The molecule has 0 spiro atoms. The number of carbonyl (C=O) groups excluding carboxylic acids is 1. The zero-order chi connectivity index (χ0) is 12.2. The minimum atomic E-state index is -3.60. The van der Waals surface area contributed by atoms with Crippen LogP contribution in [0.2, 0.25) is 0 Å². The maximum Gasteiger partial charge on any atom is 0.215 e. The van der Waals surface area contributed by atoms with Gasteiger partial charge in [-0.2, -0.15) is 0 Å². The Balaban J connectivity index is 2.49. The van der Waals surface area contributed by atoms with Crippen LogP contribution in [0, 0.1) is 0 Å². The monoisotopic (exact) mass is 270 g/mol. The van der Waals surface area contributed by atoms with Gasteiger partial charge in [0.25, 0.3) is 0 Å². The lowest BCUT2D eigenvalue weighted by Gasteiger charge is -2.10. The summed E-state index contributed by atoms with van der Waals surface area (Å²) in [7, 11) is -6.80. The van der Waals surface area contributed by atoms with Crippen molar-refractivity contribution in [3.63, 3.8) is 0 Å². The van der Waals surface area contributed by atoms with Gasteiger partial charge in [-0.3, -0.25) is 4.79 Å². The lowest BCUT2D eigenvalue weighted by atomic mass is 10.4. The third-order valence-corrected chi connectivity index (χ3v) is 6.15. The minimum Gasteiger partial charge on any atom is -0.357 e. The molecule has 1 amide bonds. The molecule has 2 N–H and O–H groups in total. The summed E-state index contributed by atoms with van der Waals surface area (Å²) in [6.45, 7) is 0.250. The van der Waals surface area contributed by atoms with Gasteiger partial charge in [-0.25, -0.2) is 21.6 Å². The summed E-state index contributed by atoms with van der Waals surface area (Å²) >= 11 is 0. The van der Waals surface area contributed by atoms with Crippen molar-refractivity contribution in [3.8, 4) is 0 Å². The Morgan fingerprint density at radius 3 is 2.50 bits per heavy atom. The molecule has 0 radical (unpaired) electrons. The molecular formula is C7H14N2O5S2. The molecule has 1 aliphatic heterocycles. The van der Waals surface area contributed by atoms with Crippen LogP contribution >= 0.6 is 0 Å². The van der Waals surface area contributed by atoms with Crippen LogP contribution in [0.4, 0.5) is 0 Å². The van der Waals surface area contributed by atoms with Crippen LogP contribution in [0.3, 0.4) is 0 Å². The number of hydrogen-bond acceptors (Lipinski definition) is 5. The SMILES string of the molecule is O=CNCCNS(=O)(=O)[C@@H]1CCS(=O)(=O)C1.